The molecule has 21 nitrogen and oxygen atoms in total. The highest BCUT2D eigenvalue weighted by Crippen LogP contribution is 2.38. The summed E-state index contributed by atoms with van der Waals surface area (Å²) in [5, 5.41) is 14.5. The molecule has 0 spiro atoms. The standard InChI is InChI=1S/C40H47N13O6.CH6N2/c1-9-52-28(15-22(3)48-52)35(57)46-37-44-26-17-24(32(41)55)19-30(59-40(7,8)39(5,6)21-54)31(26)50(37)13-11-12-14-51-34-27(18-25(20-43-34)33(42)56)45-38(51)47-36(58)29-16-23(4)49-53(29)10-2;1-3-2/h11-12,15-21H,9-10,13-14H2,1-8H3,(H2,41,55)(H2,42,56)(H,44,46,57)(H,45,47,58);3H,2H2,1H3/b12-11+;. The highest BCUT2D eigenvalue weighted by atomic mass is 16.5. The van der Waals surface area contributed by atoms with E-state index in [1.165, 1.54) is 24.4 Å². The van der Waals surface area contributed by atoms with Gasteiger partial charge in [-0.2, -0.15) is 10.2 Å². The van der Waals surface area contributed by atoms with Gasteiger partial charge < -0.3 is 25.6 Å². The van der Waals surface area contributed by atoms with E-state index >= 15 is 0 Å². The monoisotopic (exact) mass is 851 g/mol. The Kier molecular flexibility index (Phi) is 13.7. The Bertz CT molecular complexity index is 2700. The van der Waals surface area contributed by atoms with Crippen LogP contribution in [0, 0.1) is 19.3 Å². The van der Waals surface area contributed by atoms with Crippen molar-refractivity contribution in [2.45, 2.75) is 87.2 Å². The van der Waals surface area contributed by atoms with Gasteiger partial charge in [0, 0.05) is 37.9 Å². The van der Waals surface area contributed by atoms with E-state index in [0.717, 1.165) is 6.29 Å². The van der Waals surface area contributed by atoms with Crippen LogP contribution in [0.1, 0.15) is 94.6 Å². The number of aryl methyl sites for hydroxylation is 4. The molecule has 21 heteroatoms. The molecule has 0 aliphatic rings. The van der Waals surface area contributed by atoms with Crippen LogP contribution in [0.15, 0.2) is 48.7 Å². The van der Waals surface area contributed by atoms with Crippen LogP contribution in [0.5, 0.6) is 5.75 Å². The zero-order valence-electron chi connectivity index (χ0n) is 36.2. The lowest BCUT2D eigenvalue weighted by Gasteiger charge is -2.37. The minimum Gasteiger partial charge on any atom is -0.485 e. The zero-order chi connectivity index (χ0) is 45.7. The lowest BCUT2D eigenvalue weighted by Crippen LogP contribution is -2.45. The number of nitrogens with two attached hydrogens (primary N) is 3. The van der Waals surface area contributed by atoms with Crippen LogP contribution in [0.4, 0.5) is 11.9 Å². The van der Waals surface area contributed by atoms with Gasteiger partial charge in [0.1, 0.15) is 40.1 Å². The van der Waals surface area contributed by atoms with Crippen LogP contribution >= 0.6 is 0 Å². The normalized spacial score (nSPS) is 11.8. The fraction of sp³-hybridized carbons (Fsp3) is 0.366. The van der Waals surface area contributed by atoms with E-state index in [4.69, 9.17) is 21.2 Å². The topological polar surface area (TPSA) is 293 Å². The average molecular weight is 852 g/mol. The van der Waals surface area contributed by atoms with Crippen molar-refractivity contribution >= 4 is 64.0 Å². The molecule has 6 aromatic rings. The van der Waals surface area contributed by atoms with Crippen molar-refractivity contribution in [3.05, 3.63) is 82.6 Å². The maximum Gasteiger partial charge on any atom is 0.276 e. The molecule has 62 heavy (non-hydrogen) atoms. The molecular formula is C41H53N15O6. The number of hydrogen-bond donors (Lipinski definition) is 6. The number of anilines is 2. The first-order valence-corrected chi connectivity index (χ1v) is 19.7. The summed E-state index contributed by atoms with van der Waals surface area (Å²) >= 11 is 0. The van der Waals surface area contributed by atoms with Crippen LogP contribution in [0.25, 0.3) is 22.2 Å². The van der Waals surface area contributed by atoms with Crippen molar-refractivity contribution in [1.82, 2.24) is 49.1 Å². The molecule has 0 radical (unpaired) electrons. The number of nitrogens with zero attached hydrogens (tertiary/aromatic N) is 9. The molecule has 0 bridgehead atoms. The van der Waals surface area contributed by atoms with Crippen molar-refractivity contribution in [3.8, 4) is 5.75 Å². The molecule has 6 rings (SSSR count). The number of hydrogen-bond acceptors (Lipinski definition) is 13. The van der Waals surface area contributed by atoms with Crippen LogP contribution in [-0.4, -0.2) is 86.2 Å². The lowest BCUT2D eigenvalue weighted by atomic mass is 9.78. The number of amides is 4. The van der Waals surface area contributed by atoms with Gasteiger partial charge in [-0.1, -0.05) is 12.2 Å². The van der Waals surface area contributed by atoms with Crippen molar-refractivity contribution in [2.75, 3.05) is 17.7 Å². The number of benzene rings is 1. The van der Waals surface area contributed by atoms with Gasteiger partial charge in [0.05, 0.1) is 27.9 Å². The number of fused-ring (bicyclic) bond motifs is 2. The number of aromatic nitrogens is 9. The van der Waals surface area contributed by atoms with Gasteiger partial charge in [-0.15, -0.1) is 0 Å². The quantitative estimate of drug-likeness (QED) is 0.0353. The molecule has 0 saturated carbocycles. The summed E-state index contributed by atoms with van der Waals surface area (Å²) in [5.74, 6) is 2.75. The van der Waals surface area contributed by atoms with Crippen molar-refractivity contribution in [1.29, 1.82) is 0 Å². The second-order valence-corrected chi connectivity index (χ2v) is 15.3. The molecule has 328 valence electrons. The second kappa shape index (κ2) is 18.6. The number of primary amides is 2. The maximum atomic E-state index is 13.8. The van der Waals surface area contributed by atoms with Crippen molar-refractivity contribution in [3.63, 3.8) is 0 Å². The Morgan fingerprint density at radius 1 is 0.758 bits per heavy atom. The molecule has 0 saturated heterocycles. The smallest absolute Gasteiger partial charge is 0.276 e. The maximum absolute atomic E-state index is 13.8. The zero-order valence-corrected chi connectivity index (χ0v) is 36.2. The molecule has 0 unspecified atom stereocenters. The third-order valence-corrected chi connectivity index (χ3v) is 10.2. The second-order valence-electron chi connectivity index (χ2n) is 15.3. The predicted molar refractivity (Wildman–Crippen MR) is 232 cm³/mol. The molecule has 4 amide bonds. The highest BCUT2D eigenvalue weighted by molar-refractivity contribution is 6.05. The van der Waals surface area contributed by atoms with E-state index < -0.39 is 34.6 Å². The molecule has 0 aliphatic carbocycles. The van der Waals surface area contributed by atoms with Gasteiger partial charge in [-0.3, -0.25) is 55.0 Å². The lowest BCUT2D eigenvalue weighted by molar-refractivity contribution is -0.124. The largest absolute Gasteiger partial charge is 0.485 e. The number of hydrazine groups is 1. The number of aldehydes is 1. The van der Waals surface area contributed by atoms with E-state index in [9.17, 15) is 24.0 Å². The average Bonchev–Trinajstić information content (AvgIpc) is 3.98. The third kappa shape index (κ3) is 9.53. The first kappa shape index (κ1) is 45.8. The molecule has 5 heterocycles. The Morgan fingerprint density at radius 2 is 1.24 bits per heavy atom. The van der Waals surface area contributed by atoms with Gasteiger partial charge in [0.2, 0.25) is 23.7 Å². The predicted octanol–water partition coefficient (Wildman–Crippen LogP) is 3.25. The van der Waals surface area contributed by atoms with Crippen LogP contribution in [0.2, 0.25) is 0 Å². The van der Waals surface area contributed by atoms with Crippen molar-refractivity contribution in [2.24, 2.45) is 22.7 Å². The summed E-state index contributed by atoms with van der Waals surface area (Å²) in [6, 6.07) is 7.82. The molecule has 0 aliphatic heterocycles. The number of nitrogens with one attached hydrogen (secondary N) is 3. The number of imidazole rings is 2. The van der Waals surface area contributed by atoms with Crippen LogP contribution in [0.3, 0.4) is 0 Å². The van der Waals surface area contributed by atoms with Gasteiger partial charge in [-0.05, 0) is 92.8 Å². The summed E-state index contributed by atoms with van der Waals surface area (Å²) in [6.45, 7) is 15.5. The number of rotatable bonds is 16. The number of pyridine rings is 1. The van der Waals surface area contributed by atoms with E-state index in [0.29, 0.717) is 58.1 Å². The van der Waals surface area contributed by atoms with Gasteiger partial charge in [0.25, 0.3) is 11.8 Å². The van der Waals surface area contributed by atoms with E-state index in [1.807, 2.05) is 13.8 Å². The van der Waals surface area contributed by atoms with E-state index in [2.05, 4.69) is 42.1 Å². The summed E-state index contributed by atoms with van der Waals surface area (Å²) < 4.78 is 13.1. The molecule has 5 aromatic heterocycles. The highest BCUT2D eigenvalue weighted by Gasteiger charge is 2.40. The third-order valence-electron chi connectivity index (χ3n) is 10.2. The molecule has 0 fully saturated rings. The molecule has 1 aromatic carbocycles. The first-order chi connectivity index (χ1) is 29.3. The first-order valence-electron chi connectivity index (χ1n) is 19.7. The van der Waals surface area contributed by atoms with Gasteiger partial charge in [-0.25, -0.2) is 15.0 Å². The van der Waals surface area contributed by atoms with Crippen LogP contribution in [-0.2, 0) is 31.0 Å². The summed E-state index contributed by atoms with van der Waals surface area (Å²) in [7, 11) is 1.65. The Hall–Kier alpha value is -7.26. The SMILES string of the molecule is CCn1nc(C)cc1C(=O)Nc1nc2cc(C(N)=O)cnc2n1C/C=C/Cn1c(NC(=O)c2cc(C)nn2CC)nc2cc(C(N)=O)cc(OC(C)(C)C(C)(C)C=O)c21.CNN. The fourth-order valence-corrected chi connectivity index (χ4v) is 6.32. The Morgan fingerprint density at radius 3 is 1.74 bits per heavy atom. The van der Waals surface area contributed by atoms with Gasteiger partial charge in [0.15, 0.2) is 5.65 Å². The summed E-state index contributed by atoms with van der Waals surface area (Å²) in [5.41, 5.74) is 15.1. The minimum absolute atomic E-state index is 0.102. The van der Waals surface area contributed by atoms with Crippen LogP contribution < -0.4 is 38.1 Å². The summed E-state index contributed by atoms with van der Waals surface area (Å²) in [4.78, 5) is 77.8. The molecular weight excluding hydrogens is 799 g/mol. The Labute approximate surface area is 357 Å². The van der Waals surface area contributed by atoms with E-state index in [-0.39, 0.29) is 41.9 Å². The Balaban J connectivity index is 0.00000235. The number of allylic oxidation sites excluding steroid dienone is 2. The number of carbonyl (C=O) groups is 5. The fourth-order valence-electron chi connectivity index (χ4n) is 6.32. The molecule has 0 atom stereocenters. The summed E-state index contributed by atoms with van der Waals surface area (Å²) in [6.07, 6.45) is 5.73. The van der Waals surface area contributed by atoms with E-state index in [1.54, 1.807) is 91.4 Å². The number of ether oxygens (including phenoxy) is 1. The molecule has 9 N–H and O–H groups in total. The number of carbonyl (C=O) groups excluding carboxylic acids is 5. The van der Waals surface area contributed by atoms with Gasteiger partial charge >= 0.3 is 0 Å². The minimum atomic E-state index is -1.09. The van der Waals surface area contributed by atoms with Crippen molar-refractivity contribution < 1.29 is 28.7 Å².